The highest BCUT2D eigenvalue weighted by Crippen LogP contribution is 2.10. The molecule has 2 rings (SSSR count). The number of rotatable bonds is 6. The van der Waals surface area contributed by atoms with Gasteiger partial charge in [-0.1, -0.05) is 0 Å². The lowest BCUT2D eigenvalue weighted by molar-refractivity contribution is 0.579. The summed E-state index contributed by atoms with van der Waals surface area (Å²) in [7, 11) is 1.99. The van der Waals surface area contributed by atoms with E-state index < -0.39 is 0 Å². The molecule has 0 saturated heterocycles. The standard InChI is InChI=1S/C13H21N5/c1-11-13(12(2)17(3)16-11)9-14-5-4-7-18-8-6-15-10-18/h6,8,10,14H,4-5,7,9H2,1-3H3. The number of hydrogen-bond donors (Lipinski definition) is 1. The van der Waals surface area contributed by atoms with E-state index in [1.807, 2.05) is 30.5 Å². The highest BCUT2D eigenvalue weighted by atomic mass is 15.3. The molecule has 2 aromatic heterocycles. The molecule has 0 bridgehead atoms. The smallest absolute Gasteiger partial charge is 0.0945 e. The largest absolute Gasteiger partial charge is 0.337 e. The molecule has 5 heteroatoms. The minimum atomic E-state index is 0.898. The number of nitrogens with zero attached hydrogens (tertiary/aromatic N) is 4. The van der Waals surface area contributed by atoms with Crippen LogP contribution in [0.25, 0.3) is 0 Å². The number of imidazole rings is 1. The Labute approximate surface area is 108 Å². The lowest BCUT2D eigenvalue weighted by atomic mass is 10.2. The Balaban J connectivity index is 1.72. The van der Waals surface area contributed by atoms with Crippen LogP contribution < -0.4 is 5.32 Å². The van der Waals surface area contributed by atoms with Gasteiger partial charge >= 0.3 is 0 Å². The van der Waals surface area contributed by atoms with Gasteiger partial charge in [0.1, 0.15) is 0 Å². The molecule has 18 heavy (non-hydrogen) atoms. The molecule has 2 aromatic rings. The van der Waals surface area contributed by atoms with Crippen LogP contribution in [0.3, 0.4) is 0 Å². The van der Waals surface area contributed by atoms with E-state index in [-0.39, 0.29) is 0 Å². The van der Waals surface area contributed by atoms with E-state index in [0.29, 0.717) is 0 Å². The predicted molar refractivity (Wildman–Crippen MR) is 71.2 cm³/mol. The summed E-state index contributed by atoms with van der Waals surface area (Å²) in [5.41, 5.74) is 3.69. The molecule has 0 amide bonds. The first-order valence-corrected chi connectivity index (χ1v) is 6.34. The lowest BCUT2D eigenvalue weighted by Gasteiger charge is -2.06. The van der Waals surface area contributed by atoms with Crippen LogP contribution in [-0.2, 0) is 20.1 Å². The van der Waals surface area contributed by atoms with Gasteiger partial charge in [0, 0.05) is 43.8 Å². The molecule has 2 heterocycles. The minimum absolute atomic E-state index is 0.898. The number of hydrogen-bond acceptors (Lipinski definition) is 3. The Morgan fingerprint density at radius 2 is 2.17 bits per heavy atom. The molecule has 0 unspecified atom stereocenters. The fraction of sp³-hybridized carbons (Fsp3) is 0.538. The van der Waals surface area contributed by atoms with E-state index in [0.717, 1.165) is 31.7 Å². The highest BCUT2D eigenvalue weighted by molar-refractivity contribution is 5.23. The summed E-state index contributed by atoms with van der Waals surface area (Å²) in [5, 5.41) is 7.89. The quantitative estimate of drug-likeness (QED) is 0.785. The van der Waals surface area contributed by atoms with Gasteiger partial charge in [-0.2, -0.15) is 5.10 Å². The third-order valence-electron chi connectivity index (χ3n) is 3.29. The lowest BCUT2D eigenvalue weighted by Crippen LogP contribution is -2.17. The maximum atomic E-state index is 4.41. The van der Waals surface area contributed by atoms with Crippen molar-refractivity contribution in [2.24, 2.45) is 7.05 Å². The fourth-order valence-electron chi connectivity index (χ4n) is 2.09. The molecule has 98 valence electrons. The van der Waals surface area contributed by atoms with Crippen molar-refractivity contribution < 1.29 is 0 Å². The number of nitrogens with one attached hydrogen (secondary N) is 1. The van der Waals surface area contributed by atoms with E-state index in [1.54, 1.807) is 0 Å². The summed E-state index contributed by atoms with van der Waals surface area (Å²) in [6.45, 7) is 7.09. The average molecular weight is 247 g/mol. The second-order valence-electron chi connectivity index (χ2n) is 4.60. The summed E-state index contributed by atoms with van der Waals surface area (Å²) in [6.07, 6.45) is 6.77. The van der Waals surface area contributed by atoms with Gasteiger partial charge in [-0.25, -0.2) is 4.98 Å². The van der Waals surface area contributed by atoms with Gasteiger partial charge in [0.05, 0.1) is 12.0 Å². The summed E-state index contributed by atoms with van der Waals surface area (Å²) >= 11 is 0. The van der Waals surface area contributed by atoms with Gasteiger partial charge < -0.3 is 9.88 Å². The van der Waals surface area contributed by atoms with Crippen LogP contribution in [0.4, 0.5) is 0 Å². The number of aromatic nitrogens is 4. The summed E-state index contributed by atoms with van der Waals surface area (Å²) < 4.78 is 4.04. The van der Waals surface area contributed by atoms with Crippen LogP contribution in [0, 0.1) is 13.8 Å². The van der Waals surface area contributed by atoms with Crippen molar-refractivity contribution in [2.45, 2.75) is 33.4 Å². The van der Waals surface area contributed by atoms with Gasteiger partial charge in [0.2, 0.25) is 0 Å². The van der Waals surface area contributed by atoms with Gasteiger partial charge in [-0.05, 0) is 26.8 Å². The Morgan fingerprint density at radius 3 is 2.78 bits per heavy atom. The molecule has 1 N–H and O–H groups in total. The van der Waals surface area contributed by atoms with Crippen molar-refractivity contribution in [3.63, 3.8) is 0 Å². The Hall–Kier alpha value is -1.62. The van der Waals surface area contributed by atoms with Gasteiger partial charge in [0.15, 0.2) is 0 Å². The maximum absolute atomic E-state index is 4.41. The zero-order valence-electron chi connectivity index (χ0n) is 11.3. The summed E-state index contributed by atoms with van der Waals surface area (Å²) in [4.78, 5) is 4.03. The fourth-order valence-corrected chi connectivity index (χ4v) is 2.09. The highest BCUT2D eigenvalue weighted by Gasteiger charge is 2.07. The molecule has 0 saturated carbocycles. The van der Waals surface area contributed by atoms with E-state index in [1.165, 1.54) is 11.3 Å². The normalized spacial score (nSPS) is 11.1. The van der Waals surface area contributed by atoms with Crippen molar-refractivity contribution in [1.82, 2.24) is 24.6 Å². The molecule has 0 spiro atoms. The average Bonchev–Trinajstić information content (AvgIpc) is 2.92. The molecule has 0 radical (unpaired) electrons. The molecule has 5 nitrogen and oxygen atoms in total. The van der Waals surface area contributed by atoms with Crippen LogP contribution in [0.1, 0.15) is 23.4 Å². The van der Waals surface area contributed by atoms with E-state index in [4.69, 9.17) is 0 Å². The topological polar surface area (TPSA) is 47.7 Å². The molecule has 0 aliphatic carbocycles. The van der Waals surface area contributed by atoms with Gasteiger partial charge in [0.25, 0.3) is 0 Å². The predicted octanol–water partition coefficient (Wildman–Crippen LogP) is 1.41. The molecule has 0 fully saturated rings. The Morgan fingerprint density at radius 1 is 1.33 bits per heavy atom. The molecule has 0 atom stereocenters. The van der Waals surface area contributed by atoms with E-state index in [9.17, 15) is 0 Å². The van der Waals surface area contributed by atoms with Gasteiger partial charge in [-0.3, -0.25) is 4.68 Å². The second-order valence-corrected chi connectivity index (χ2v) is 4.60. The van der Waals surface area contributed by atoms with E-state index >= 15 is 0 Å². The van der Waals surface area contributed by atoms with Crippen LogP contribution in [0.2, 0.25) is 0 Å². The van der Waals surface area contributed by atoms with Crippen LogP contribution in [0.15, 0.2) is 18.7 Å². The second kappa shape index (κ2) is 5.82. The van der Waals surface area contributed by atoms with E-state index in [2.05, 4.69) is 33.8 Å². The molecule has 0 aliphatic rings. The van der Waals surface area contributed by atoms with Crippen molar-refractivity contribution in [2.75, 3.05) is 6.54 Å². The summed E-state index contributed by atoms with van der Waals surface area (Å²) in [6, 6.07) is 0. The monoisotopic (exact) mass is 247 g/mol. The molecule has 0 aromatic carbocycles. The van der Waals surface area contributed by atoms with Crippen LogP contribution in [-0.4, -0.2) is 25.9 Å². The zero-order valence-corrected chi connectivity index (χ0v) is 11.3. The van der Waals surface area contributed by atoms with Gasteiger partial charge in [-0.15, -0.1) is 0 Å². The molecule has 0 aliphatic heterocycles. The molecular formula is C13H21N5. The maximum Gasteiger partial charge on any atom is 0.0945 e. The zero-order chi connectivity index (χ0) is 13.0. The first-order valence-electron chi connectivity index (χ1n) is 6.34. The molecular weight excluding hydrogens is 226 g/mol. The first-order chi connectivity index (χ1) is 8.68. The minimum Gasteiger partial charge on any atom is -0.337 e. The van der Waals surface area contributed by atoms with Crippen molar-refractivity contribution in [3.8, 4) is 0 Å². The van der Waals surface area contributed by atoms with Crippen molar-refractivity contribution >= 4 is 0 Å². The third kappa shape index (κ3) is 2.98. The van der Waals surface area contributed by atoms with Crippen molar-refractivity contribution in [3.05, 3.63) is 35.7 Å². The van der Waals surface area contributed by atoms with Crippen molar-refractivity contribution in [1.29, 1.82) is 0 Å². The first kappa shape index (κ1) is 12.8. The third-order valence-corrected chi connectivity index (χ3v) is 3.29. The number of aryl methyl sites for hydroxylation is 3. The Bertz CT molecular complexity index is 484. The van der Waals surface area contributed by atoms with Crippen LogP contribution in [0.5, 0.6) is 0 Å². The SMILES string of the molecule is Cc1nn(C)c(C)c1CNCCCn1ccnc1. The Kier molecular flexibility index (Phi) is 4.15. The summed E-state index contributed by atoms with van der Waals surface area (Å²) in [5.74, 6) is 0. The van der Waals surface area contributed by atoms with Crippen LogP contribution >= 0.6 is 0 Å².